The van der Waals surface area contributed by atoms with Crippen LogP contribution in [0.1, 0.15) is 48.3 Å². The van der Waals surface area contributed by atoms with Gasteiger partial charge in [-0.15, -0.1) is 0 Å². The molecule has 2 aliphatic rings. The van der Waals surface area contributed by atoms with Crippen molar-refractivity contribution < 1.29 is 9.53 Å². The summed E-state index contributed by atoms with van der Waals surface area (Å²) in [4.78, 5) is 28.1. The van der Waals surface area contributed by atoms with E-state index in [-0.39, 0.29) is 12.1 Å². The summed E-state index contributed by atoms with van der Waals surface area (Å²) in [5.74, 6) is 0.636. The molecule has 2 N–H and O–H groups in total. The predicted octanol–water partition coefficient (Wildman–Crippen LogP) is 2.60. The lowest BCUT2D eigenvalue weighted by atomic mass is 10.1. The SMILES string of the molecule is Cc1ccc([C@H](C)NC(=O)N2CCc3cnc(NC4CCOCC4)nc3C2)cn1. The van der Waals surface area contributed by atoms with Crippen molar-refractivity contribution in [2.45, 2.75) is 51.7 Å². The monoisotopic (exact) mass is 396 g/mol. The number of carbonyl (C=O) groups excluding carboxylic acids is 1. The Morgan fingerprint density at radius 1 is 1.24 bits per heavy atom. The normalized spacial score (nSPS) is 18.1. The van der Waals surface area contributed by atoms with Crippen LogP contribution in [0.4, 0.5) is 10.7 Å². The van der Waals surface area contributed by atoms with Crippen LogP contribution in [0.3, 0.4) is 0 Å². The maximum atomic E-state index is 12.8. The van der Waals surface area contributed by atoms with Gasteiger partial charge in [0.2, 0.25) is 5.95 Å². The molecular weight excluding hydrogens is 368 g/mol. The molecule has 0 unspecified atom stereocenters. The third-order valence-electron chi connectivity index (χ3n) is 5.56. The first-order valence-electron chi connectivity index (χ1n) is 10.3. The van der Waals surface area contributed by atoms with Crippen molar-refractivity contribution in [2.24, 2.45) is 0 Å². The first-order valence-corrected chi connectivity index (χ1v) is 10.3. The Bertz CT molecular complexity index is 851. The van der Waals surface area contributed by atoms with E-state index in [0.717, 1.165) is 55.0 Å². The topological polar surface area (TPSA) is 92.3 Å². The summed E-state index contributed by atoms with van der Waals surface area (Å²) < 4.78 is 5.40. The van der Waals surface area contributed by atoms with Gasteiger partial charge in [-0.1, -0.05) is 6.07 Å². The van der Waals surface area contributed by atoms with Crippen LogP contribution in [0, 0.1) is 6.92 Å². The van der Waals surface area contributed by atoms with Crippen LogP contribution in [0.15, 0.2) is 24.5 Å². The quantitative estimate of drug-likeness (QED) is 0.825. The molecule has 0 radical (unpaired) electrons. The van der Waals surface area contributed by atoms with Crippen molar-refractivity contribution in [3.8, 4) is 0 Å². The molecule has 0 bridgehead atoms. The predicted molar refractivity (Wildman–Crippen MR) is 110 cm³/mol. The van der Waals surface area contributed by atoms with E-state index in [0.29, 0.717) is 25.1 Å². The van der Waals surface area contributed by atoms with E-state index < -0.39 is 0 Å². The molecule has 1 fully saturated rings. The molecule has 0 spiro atoms. The Morgan fingerprint density at radius 2 is 2.07 bits per heavy atom. The highest BCUT2D eigenvalue weighted by Crippen LogP contribution is 2.20. The minimum Gasteiger partial charge on any atom is -0.381 e. The maximum absolute atomic E-state index is 12.8. The van der Waals surface area contributed by atoms with Crippen molar-refractivity contribution in [3.63, 3.8) is 0 Å². The standard InChI is InChI=1S/C21H28N6O2/c1-14-3-4-16(11-22-14)15(2)24-21(28)27-8-5-17-12-23-20(26-19(17)13-27)25-18-6-9-29-10-7-18/h3-4,11-12,15,18H,5-10,13H2,1-2H3,(H,24,28)(H,23,25,26)/t15-/m0/s1. The second kappa shape index (κ2) is 8.73. The largest absolute Gasteiger partial charge is 0.381 e. The number of rotatable bonds is 4. The molecule has 8 heteroatoms. The van der Waals surface area contributed by atoms with Crippen molar-refractivity contribution in [1.29, 1.82) is 0 Å². The molecule has 2 aliphatic heterocycles. The second-order valence-corrected chi connectivity index (χ2v) is 7.77. The minimum atomic E-state index is -0.104. The molecule has 8 nitrogen and oxygen atoms in total. The van der Waals surface area contributed by atoms with E-state index in [1.54, 1.807) is 0 Å². The zero-order valence-electron chi connectivity index (χ0n) is 17.0. The van der Waals surface area contributed by atoms with Gasteiger partial charge in [-0.2, -0.15) is 0 Å². The zero-order chi connectivity index (χ0) is 20.2. The van der Waals surface area contributed by atoms with Gasteiger partial charge in [0.15, 0.2) is 0 Å². The number of nitrogens with one attached hydrogen (secondary N) is 2. The van der Waals surface area contributed by atoms with E-state index in [1.165, 1.54) is 0 Å². The third-order valence-corrected chi connectivity index (χ3v) is 5.56. The van der Waals surface area contributed by atoms with Gasteiger partial charge in [0.25, 0.3) is 0 Å². The van der Waals surface area contributed by atoms with Crippen LogP contribution in [0.25, 0.3) is 0 Å². The van der Waals surface area contributed by atoms with Crippen LogP contribution in [0.2, 0.25) is 0 Å². The first kappa shape index (κ1) is 19.6. The lowest BCUT2D eigenvalue weighted by Gasteiger charge is -2.30. The number of ether oxygens (including phenoxy) is 1. The number of urea groups is 1. The Balaban J connectivity index is 1.38. The summed E-state index contributed by atoms with van der Waals surface area (Å²) in [5.41, 5.74) is 3.99. The Labute approximate surface area is 171 Å². The molecule has 154 valence electrons. The van der Waals surface area contributed by atoms with Gasteiger partial charge >= 0.3 is 6.03 Å². The number of aryl methyl sites for hydroxylation is 1. The Kier molecular flexibility index (Phi) is 5.89. The molecule has 0 aromatic carbocycles. The highest BCUT2D eigenvalue weighted by atomic mass is 16.5. The minimum absolute atomic E-state index is 0.0822. The second-order valence-electron chi connectivity index (χ2n) is 7.77. The molecule has 2 aromatic heterocycles. The van der Waals surface area contributed by atoms with E-state index in [9.17, 15) is 4.79 Å². The molecule has 4 heterocycles. The van der Waals surface area contributed by atoms with E-state index in [2.05, 4.69) is 20.6 Å². The number of nitrogens with zero attached hydrogens (tertiary/aromatic N) is 4. The van der Waals surface area contributed by atoms with Gasteiger partial charge in [-0.05, 0) is 50.3 Å². The number of pyridine rings is 1. The van der Waals surface area contributed by atoms with Gasteiger partial charge in [0.1, 0.15) is 0 Å². The average Bonchev–Trinajstić information content (AvgIpc) is 2.74. The van der Waals surface area contributed by atoms with Crippen molar-refractivity contribution in [3.05, 3.63) is 47.0 Å². The maximum Gasteiger partial charge on any atom is 0.318 e. The van der Waals surface area contributed by atoms with Gasteiger partial charge in [0, 0.05) is 43.9 Å². The lowest BCUT2D eigenvalue weighted by Crippen LogP contribution is -2.44. The van der Waals surface area contributed by atoms with Gasteiger partial charge in [-0.3, -0.25) is 4.98 Å². The van der Waals surface area contributed by atoms with Crippen LogP contribution in [-0.2, 0) is 17.7 Å². The molecule has 1 atom stereocenters. The number of carbonyl (C=O) groups is 1. The fraction of sp³-hybridized carbons (Fsp3) is 0.524. The molecule has 1 saturated heterocycles. The lowest BCUT2D eigenvalue weighted by molar-refractivity contribution is 0.0903. The number of amides is 2. The van der Waals surface area contributed by atoms with Gasteiger partial charge in [0.05, 0.1) is 18.3 Å². The number of anilines is 1. The summed E-state index contributed by atoms with van der Waals surface area (Å²) in [6, 6.07) is 4.11. The molecule has 2 amide bonds. The van der Waals surface area contributed by atoms with Crippen molar-refractivity contribution >= 4 is 12.0 Å². The van der Waals surface area contributed by atoms with Crippen LogP contribution < -0.4 is 10.6 Å². The van der Waals surface area contributed by atoms with Crippen LogP contribution >= 0.6 is 0 Å². The summed E-state index contributed by atoms with van der Waals surface area (Å²) in [5, 5.41) is 6.48. The highest BCUT2D eigenvalue weighted by Gasteiger charge is 2.24. The molecule has 29 heavy (non-hydrogen) atoms. The van der Waals surface area contributed by atoms with Crippen molar-refractivity contribution in [2.75, 3.05) is 25.1 Å². The number of fused-ring (bicyclic) bond motifs is 1. The van der Waals surface area contributed by atoms with Crippen LogP contribution in [0.5, 0.6) is 0 Å². The molecular formula is C21H28N6O2. The number of hydrogen-bond donors (Lipinski definition) is 2. The fourth-order valence-corrected chi connectivity index (χ4v) is 3.67. The summed E-state index contributed by atoms with van der Waals surface area (Å²) in [7, 11) is 0. The summed E-state index contributed by atoms with van der Waals surface area (Å²) in [6.07, 6.45) is 6.38. The van der Waals surface area contributed by atoms with E-state index in [1.807, 2.05) is 43.3 Å². The molecule has 0 saturated carbocycles. The average molecular weight is 396 g/mol. The summed E-state index contributed by atoms with van der Waals surface area (Å²) >= 11 is 0. The Morgan fingerprint density at radius 3 is 2.83 bits per heavy atom. The molecule has 0 aliphatic carbocycles. The summed E-state index contributed by atoms with van der Waals surface area (Å²) in [6.45, 7) is 6.61. The molecule has 2 aromatic rings. The Hall–Kier alpha value is -2.74. The third kappa shape index (κ3) is 4.82. The number of aromatic nitrogens is 3. The smallest absolute Gasteiger partial charge is 0.318 e. The van der Waals surface area contributed by atoms with Gasteiger partial charge < -0.3 is 20.3 Å². The highest BCUT2D eigenvalue weighted by molar-refractivity contribution is 5.75. The fourth-order valence-electron chi connectivity index (χ4n) is 3.67. The van der Waals surface area contributed by atoms with E-state index >= 15 is 0 Å². The van der Waals surface area contributed by atoms with Gasteiger partial charge in [-0.25, -0.2) is 14.8 Å². The molecule has 4 rings (SSSR count). The van der Waals surface area contributed by atoms with Crippen molar-refractivity contribution in [1.82, 2.24) is 25.2 Å². The zero-order valence-corrected chi connectivity index (χ0v) is 17.0. The van der Waals surface area contributed by atoms with E-state index in [4.69, 9.17) is 9.72 Å². The first-order chi connectivity index (χ1) is 14.1. The number of hydrogen-bond acceptors (Lipinski definition) is 6. The van der Waals surface area contributed by atoms with Crippen LogP contribution in [-0.4, -0.2) is 51.7 Å².